The summed E-state index contributed by atoms with van der Waals surface area (Å²) in [7, 11) is -3.75. The fourth-order valence-electron chi connectivity index (χ4n) is 5.89. The molecule has 0 radical (unpaired) electrons. The molecule has 3 aliphatic carbocycles. The van der Waals surface area contributed by atoms with E-state index in [0.717, 1.165) is 11.3 Å². The summed E-state index contributed by atoms with van der Waals surface area (Å²) in [4.78, 5) is 2.76. The number of nitrogens with one attached hydrogen (secondary N) is 1. The molecular weight excluding hydrogens is 464 g/mol. The van der Waals surface area contributed by atoms with Crippen molar-refractivity contribution in [1.29, 1.82) is 0 Å². The van der Waals surface area contributed by atoms with Crippen molar-refractivity contribution < 1.29 is 8.42 Å². The fraction of sp³-hybridized carbons (Fsp3) is 0.129. The Kier molecular flexibility index (Phi) is 4.60. The van der Waals surface area contributed by atoms with Gasteiger partial charge in [-0.3, -0.25) is 0 Å². The van der Waals surface area contributed by atoms with Gasteiger partial charge in [0, 0.05) is 11.8 Å². The summed E-state index contributed by atoms with van der Waals surface area (Å²) in [6, 6.07) is 32.8. The van der Waals surface area contributed by atoms with E-state index in [2.05, 4.69) is 82.7 Å². The molecule has 0 unspecified atom stereocenters. The quantitative estimate of drug-likeness (QED) is 0.290. The number of aryl methyl sites for hydroxylation is 1. The van der Waals surface area contributed by atoms with Crippen LogP contribution in [0.15, 0.2) is 107 Å². The average molecular weight is 489 g/mol. The Labute approximate surface area is 210 Å². The summed E-state index contributed by atoms with van der Waals surface area (Å²) < 4.78 is 26.0. The Hall–Kier alpha value is -3.96. The summed E-state index contributed by atoms with van der Waals surface area (Å²) in [6.07, 6.45) is 0.692. The smallest absolute Gasteiger partial charge is 0.200 e. The lowest BCUT2D eigenvalue weighted by Crippen LogP contribution is -2.34. The van der Waals surface area contributed by atoms with Gasteiger partial charge in [-0.2, -0.15) is 13.5 Å². The van der Waals surface area contributed by atoms with Crippen molar-refractivity contribution in [3.8, 4) is 0 Å². The number of benzene rings is 5. The minimum Gasteiger partial charge on any atom is -0.200 e. The van der Waals surface area contributed by atoms with Gasteiger partial charge in [0.25, 0.3) is 10.0 Å². The van der Waals surface area contributed by atoms with E-state index in [4.69, 9.17) is 0 Å². The zero-order valence-electron chi connectivity index (χ0n) is 19.8. The lowest BCUT2D eigenvalue weighted by atomic mass is 9.62. The molecule has 0 spiro atoms. The molecule has 0 amide bonds. The third-order valence-corrected chi connectivity index (χ3v) is 8.89. The van der Waals surface area contributed by atoms with E-state index in [9.17, 15) is 8.42 Å². The molecule has 0 saturated heterocycles. The average Bonchev–Trinajstić information content (AvgIpc) is 2.90. The normalized spacial score (nSPS) is 19.4. The third-order valence-electron chi connectivity index (χ3n) is 7.66. The fourth-order valence-corrected chi connectivity index (χ4v) is 6.73. The van der Waals surface area contributed by atoms with Crippen LogP contribution in [0.4, 0.5) is 0 Å². The highest BCUT2D eigenvalue weighted by Crippen LogP contribution is 2.53. The van der Waals surface area contributed by atoms with Crippen LogP contribution in [0.1, 0.15) is 46.1 Å². The molecule has 3 aliphatic rings. The second kappa shape index (κ2) is 7.77. The first kappa shape index (κ1) is 21.3. The molecule has 0 fully saturated rings. The van der Waals surface area contributed by atoms with Crippen molar-refractivity contribution >= 4 is 37.3 Å². The highest BCUT2D eigenvalue weighted by atomic mass is 32.2. The van der Waals surface area contributed by atoms with E-state index < -0.39 is 10.0 Å². The molecule has 0 saturated carbocycles. The predicted octanol–water partition coefficient (Wildman–Crippen LogP) is 6.62. The lowest BCUT2D eigenvalue weighted by Gasteiger charge is -2.41. The van der Waals surface area contributed by atoms with Crippen molar-refractivity contribution in [1.82, 2.24) is 4.83 Å². The summed E-state index contributed by atoms with van der Waals surface area (Å²) in [5.74, 6) is 0.0479. The topological polar surface area (TPSA) is 58.5 Å². The van der Waals surface area contributed by atoms with Gasteiger partial charge in [-0.05, 0) is 81.4 Å². The molecule has 0 aliphatic heterocycles. The van der Waals surface area contributed by atoms with Crippen molar-refractivity contribution in [2.45, 2.75) is 30.1 Å². The minimum atomic E-state index is -3.75. The Morgan fingerprint density at radius 2 is 1.17 bits per heavy atom. The molecule has 0 atom stereocenters. The largest absolute Gasteiger partial charge is 0.276 e. The molecule has 5 heteroatoms. The molecule has 4 nitrogen and oxygen atoms in total. The zero-order chi connectivity index (χ0) is 24.4. The standard InChI is InChI=1S/C31H24N2O2S/c1-19-10-12-24(13-11-19)36(34,35)33-32-30-18-27-25-14-20-6-2-4-8-22(20)16-28(25)31(30)29-17-23-9-5-3-7-21(23)15-26(27)29/h2-17,27,31,33H,18H2,1H3/b32-30-. The Balaban J connectivity index is 1.39. The van der Waals surface area contributed by atoms with Crippen molar-refractivity contribution in [3.05, 3.63) is 125 Å². The van der Waals surface area contributed by atoms with Gasteiger partial charge in [0.2, 0.25) is 0 Å². The van der Waals surface area contributed by atoms with Crippen LogP contribution in [0, 0.1) is 6.92 Å². The maximum absolute atomic E-state index is 13.0. The summed E-state index contributed by atoms with van der Waals surface area (Å²) in [5.41, 5.74) is 6.96. The van der Waals surface area contributed by atoms with Crippen LogP contribution in [0.5, 0.6) is 0 Å². The van der Waals surface area contributed by atoms with Gasteiger partial charge in [-0.15, -0.1) is 0 Å². The second-order valence-corrected chi connectivity index (χ2v) is 11.5. The first-order valence-electron chi connectivity index (χ1n) is 12.2. The summed E-state index contributed by atoms with van der Waals surface area (Å²) >= 11 is 0. The van der Waals surface area contributed by atoms with Crippen LogP contribution in [-0.4, -0.2) is 14.1 Å². The summed E-state index contributed by atoms with van der Waals surface area (Å²) in [6.45, 7) is 1.94. The van der Waals surface area contributed by atoms with Gasteiger partial charge >= 0.3 is 0 Å². The van der Waals surface area contributed by atoms with Crippen LogP contribution in [0.3, 0.4) is 0 Å². The number of hydrogen-bond donors (Lipinski definition) is 1. The Morgan fingerprint density at radius 3 is 1.67 bits per heavy atom. The molecular formula is C31H24N2O2S. The van der Waals surface area contributed by atoms with Gasteiger partial charge in [-0.1, -0.05) is 78.4 Å². The van der Waals surface area contributed by atoms with Crippen molar-refractivity contribution in [2.75, 3.05) is 0 Å². The first-order valence-corrected chi connectivity index (χ1v) is 13.7. The summed E-state index contributed by atoms with van der Waals surface area (Å²) in [5, 5.41) is 9.40. The molecule has 5 aromatic carbocycles. The zero-order valence-corrected chi connectivity index (χ0v) is 20.6. The maximum atomic E-state index is 13.0. The highest BCUT2D eigenvalue weighted by Gasteiger charge is 2.42. The van der Waals surface area contributed by atoms with E-state index in [-0.39, 0.29) is 16.7 Å². The van der Waals surface area contributed by atoms with Crippen LogP contribution >= 0.6 is 0 Å². The minimum absolute atomic E-state index is 0.0880. The Morgan fingerprint density at radius 1 is 0.694 bits per heavy atom. The van der Waals surface area contributed by atoms with Crippen LogP contribution in [0.2, 0.25) is 0 Å². The van der Waals surface area contributed by atoms with Gasteiger partial charge < -0.3 is 0 Å². The van der Waals surface area contributed by atoms with Gasteiger partial charge in [0.05, 0.1) is 10.6 Å². The molecule has 8 rings (SSSR count). The monoisotopic (exact) mass is 488 g/mol. The van der Waals surface area contributed by atoms with Crippen LogP contribution in [0.25, 0.3) is 21.5 Å². The maximum Gasteiger partial charge on any atom is 0.276 e. The van der Waals surface area contributed by atoms with E-state index in [0.29, 0.717) is 6.42 Å². The van der Waals surface area contributed by atoms with E-state index in [1.54, 1.807) is 24.3 Å². The molecule has 0 heterocycles. The Bertz CT molecular complexity index is 1730. The molecule has 5 aromatic rings. The lowest BCUT2D eigenvalue weighted by molar-refractivity contribution is 0.583. The number of hydrazone groups is 1. The molecule has 36 heavy (non-hydrogen) atoms. The van der Waals surface area contributed by atoms with Gasteiger partial charge in [-0.25, -0.2) is 4.83 Å². The predicted molar refractivity (Wildman–Crippen MR) is 145 cm³/mol. The number of rotatable bonds is 3. The van der Waals surface area contributed by atoms with Crippen LogP contribution < -0.4 is 4.83 Å². The highest BCUT2D eigenvalue weighted by molar-refractivity contribution is 7.89. The van der Waals surface area contributed by atoms with Gasteiger partial charge in [0.1, 0.15) is 0 Å². The number of hydrogen-bond acceptors (Lipinski definition) is 3. The molecule has 2 bridgehead atoms. The van der Waals surface area contributed by atoms with Crippen molar-refractivity contribution in [3.63, 3.8) is 0 Å². The second-order valence-electron chi connectivity index (χ2n) is 9.86. The number of sulfonamides is 1. The van der Waals surface area contributed by atoms with E-state index >= 15 is 0 Å². The van der Waals surface area contributed by atoms with E-state index in [1.807, 2.05) is 6.92 Å². The third kappa shape index (κ3) is 3.27. The van der Waals surface area contributed by atoms with Gasteiger partial charge in [0.15, 0.2) is 0 Å². The number of nitrogens with zero attached hydrogens (tertiary/aromatic N) is 1. The van der Waals surface area contributed by atoms with Crippen molar-refractivity contribution in [2.24, 2.45) is 5.10 Å². The number of fused-ring (bicyclic) bond motifs is 3. The SMILES string of the molecule is Cc1ccc(S(=O)(=O)N/N=C2/CC3c4cc5ccccc5cc4C2c2cc4ccccc4cc23)cc1. The molecule has 176 valence electrons. The van der Waals surface area contributed by atoms with Crippen LogP contribution in [-0.2, 0) is 10.0 Å². The molecule has 1 N–H and O–H groups in total. The molecule has 0 aromatic heterocycles. The first-order chi connectivity index (χ1) is 17.5. The van der Waals surface area contributed by atoms with E-state index in [1.165, 1.54) is 43.8 Å².